The fourth-order valence-corrected chi connectivity index (χ4v) is 4.22. The van der Waals surface area contributed by atoms with Gasteiger partial charge in [0, 0.05) is 19.2 Å². The number of hydrogen-bond donors (Lipinski definition) is 0. The summed E-state index contributed by atoms with van der Waals surface area (Å²) in [6.07, 6.45) is 8.30. The number of esters is 1. The number of morpholine rings is 1. The molecule has 2 aliphatic heterocycles. The summed E-state index contributed by atoms with van der Waals surface area (Å²) < 4.78 is 16.6. The lowest BCUT2D eigenvalue weighted by Crippen LogP contribution is -2.58. The number of nitrogens with zero attached hydrogens (tertiary/aromatic N) is 1. The Hall–Kier alpha value is -0.650. The largest absolute Gasteiger partial charge is 0.468 e. The first-order chi connectivity index (χ1) is 10.2. The predicted octanol–water partition coefficient (Wildman–Crippen LogP) is 1.74. The third kappa shape index (κ3) is 3.25. The number of methoxy groups -OCH3 is 1. The van der Waals surface area contributed by atoms with Crippen molar-refractivity contribution >= 4 is 5.97 Å². The molecular weight excluding hydrogens is 270 g/mol. The van der Waals surface area contributed by atoms with Crippen molar-refractivity contribution in [2.45, 2.75) is 62.6 Å². The summed E-state index contributed by atoms with van der Waals surface area (Å²) in [7, 11) is 1.46. The smallest absolute Gasteiger partial charge is 0.325 e. The van der Waals surface area contributed by atoms with Crippen LogP contribution in [0.15, 0.2) is 0 Å². The first-order valence-corrected chi connectivity index (χ1v) is 8.29. The van der Waals surface area contributed by atoms with Crippen molar-refractivity contribution in [1.29, 1.82) is 0 Å². The van der Waals surface area contributed by atoms with Gasteiger partial charge >= 0.3 is 5.97 Å². The topological polar surface area (TPSA) is 48.0 Å². The van der Waals surface area contributed by atoms with Gasteiger partial charge in [0.25, 0.3) is 0 Å². The van der Waals surface area contributed by atoms with Crippen LogP contribution < -0.4 is 0 Å². The van der Waals surface area contributed by atoms with Gasteiger partial charge < -0.3 is 14.2 Å². The summed E-state index contributed by atoms with van der Waals surface area (Å²) in [6.45, 7) is 2.80. The zero-order valence-corrected chi connectivity index (χ0v) is 13.0. The molecule has 0 radical (unpaired) electrons. The van der Waals surface area contributed by atoms with E-state index >= 15 is 0 Å². The highest BCUT2D eigenvalue weighted by atomic mass is 16.5. The second kappa shape index (κ2) is 6.63. The van der Waals surface area contributed by atoms with Crippen molar-refractivity contribution < 1.29 is 19.0 Å². The lowest BCUT2D eigenvalue weighted by Gasteiger charge is -2.48. The molecule has 5 heteroatoms. The molecule has 0 N–H and O–H groups in total. The van der Waals surface area contributed by atoms with E-state index in [1.165, 1.54) is 39.2 Å². The Balaban J connectivity index is 1.70. The molecule has 0 aromatic heterocycles. The molecule has 3 rings (SSSR count). The van der Waals surface area contributed by atoms with E-state index in [-0.39, 0.29) is 17.6 Å². The molecule has 3 aliphatic rings. The zero-order valence-electron chi connectivity index (χ0n) is 13.0. The van der Waals surface area contributed by atoms with Crippen molar-refractivity contribution in [2.24, 2.45) is 0 Å². The molecule has 21 heavy (non-hydrogen) atoms. The monoisotopic (exact) mass is 297 g/mol. The Morgan fingerprint density at radius 3 is 2.81 bits per heavy atom. The van der Waals surface area contributed by atoms with Crippen molar-refractivity contribution in [1.82, 2.24) is 4.90 Å². The minimum atomic E-state index is -0.243. The fraction of sp³-hybridized carbons (Fsp3) is 0.938. The van der Waals surface area contributed by atoms with E-state index in [9.17, 15) is 4.79 Å². The van der Waals surface area contributed by atoms with Crippen LogP contribution in [0.5, 0.6) is 0 Å². The van der Waals surface area contributed by atoms with Crippen molar-refractivity contribution in [2.75, 3.05) is 33.5 Å². The molecule has 2 atom stereocenters. The van der Waals surface area contributed by atoms with Gasteiger partial charge in [0.2, 0.25) is 0 Å². The maximum atomic E-state index is 12.0. The molecule has 0 amide bonds. The summed E-state index contributed by atoms with van der Waals surface area (Å²) in [6, 6.07) is 0.178. The van der Waals surface area contributed by atoms with E-state index in [2.05, 4.69) is 4.90 Å². The highest BCUT2D eigenvalue weighted by Gasteiger charge is 2.43. The molecule has 2 heterocycles. The van der Waals surface area contributed by atoms with E-state index in [1.807, 2.05) is 0 Å². The molecule has 2 unspecified atom stereocenters. The second-order valence-electron chi connectivity index (χ2n) is 6.59. The first-order valence-electron chi connectivity index (χ1n) is 8.29. The Morgan fingerprint density at radius 1 is 1.24 bits per heavy atom. The summed E-state index contributed by atoms with van der Waals surface area (Å²) in [5, 5.41) is 0. The van der Waals surface area contributed by atoms with Gasteiger partial charge in [0.05, 0.1) is 25.9 Å². The predicted molar refractivity (Wildman–Crippen MR) is 78.1 cm³/mol. The second-order valence-corrected chi connectivity index (χ2v) is 6.59. The van der Waals surface area contributed by atoms with Crippen LogP contribution in [-0.4, -0.2) is 62.0 Å². The van der Waals surface area contributed by atoms with E-state index in [0.29, 0.717) is 19.3 Å². The first kappa shape index (κ1) is 15.3. The van der Waals surface area contributed by atoms with Crippen LogP contribution in [0, 0.1) is 0 Å². The average Bonchev–Trinajstić information content (AvgIpc) is 2.55. The SMILES string of the molecule is COC(=O)C1COCCN1C1CCOC2(CCCCC2)C1. The Kier molecular flexibility index (Phi) is 4.82. The van der Waals surface area contributed by atoms with Gasteiger partial charge in [-0.3, -0.25) is 9.69 Å². The maximum absolute atomic E-state index is 12.0. The van der Waals surface area contributed by atoms with Crippen molar-refractivity contribution in [3.05, 3.63) is 0 Å². The van der Waals surface area contributed by atoms with Crippen LogP contribution in [0.3, 0.4) is 0 Å². The third-order valence-electron chi connectivity index (χ3n) is 5.34. The van der Waals surface area contributed by atoms with Crippen molar-refractivity contribution in [3.63, 3.8) is 0 Å². The number of rotatable bonds is 2. The number of ether oxygens (including phenoxy) is 3. The standard InChI is InChI=1S/C16H27NO4/c1-19-15(18)14-12-20-10-8-17(14)13-5-9-21-16(11-13)6-3-2-4-7-16/h13-14H,2-12H2,1H3. The van der Waals surface area contributed by atoms with Crippen LogP contribution in [0.2, 0.25) is 0 Å². The van der Waals surface area contributed by atoms with E-state index in [1.54, 1.807) is 0 Å². The number of carbonyl (C=O) groups is 1. The molecule has 0 aromatic rings. The van der Waals surface area contributed by atoms with Crippen LogP contribution in [0.4, 0.5) is 0 Å². The zero-order chi connectivity index (χ0) is 14.7. The molecule has 0 bridgehead atoms. The molecular formula is C16H27NO4. The van der Waals surface area contributed by atoms with Crippen LogP contribution >= 0.6 is 0 Å². The summed E-state index contributed by atoms with van der Waals surface area (Å²) >= 11 is 0. The van der Waals surface area contributed by atoms with Crippen LogP contribution in [-0.2, 0) is 19.0 Å². The normalized spacial score (nSPS) is 33.8. The highest BCUT2D eigenvalue weighted by Crippen LogP contribution is 2.40. The van der Waals surface area contributed by atoms with Gasteiger partial charge in [-0.05, 0) is 25.7 Å². The Bertz CT molecular complexity index is 362. The number of carbonyl (C=O) groups excluding carboxylic acids is 1. The van der Waals surface area contributed by atoms with E-state index < -0.39 is 0 Å². The van der Waals surface area contributed by atoms with Gasteiger partial charge in [-0.15, -0.1) is 0 Å². The average molecular weight is 297 g/mol. The highest BCUT2D eigenvalue weighted by molar-refractivity contribution is 5.76. The number of hydrogen-bond acceptors (Lipinski definition) is 5. The van der Waals surface area contributed by atoms with Gasteiger partial charge in [-0.2, -0.15) is 0 Å². The molecule has 0 aromatic carbocycles. The maximum Gasteiger partial charge on any atom is 0.325 e. The quantitative estimate of drug-likeness (QED) is 0.727. The summed E-state index contributed by atoms with van der Waals surface area (Å²) in [5.41, 5.74) is 0.0696. The van der Waals surface area contributed by atoms with E-state index in [4.69, 9.17) is 14.2 Å². The van der Waals surface area contributed by atoms with Gasteiger partial charge in [-0.25, -0.2) is 0 Å². The summed E-state index contributed by atoms with van der Waals surface area (Å²) in [4.78, 5) is 14.3. The molecule has 1 aliphatic carbocycles. The molecule has 2 saturated heterocycles. The lowest BCUT2D eigenvalue weighted by molar-refractivity contribution is -0.166. The fourth-order valence-electron chi connectivity index (χ4n) is 4.22. The third-order valence-corrected chi connectivity index (χ3v) is 5.34. The van der Waals surface area contributed by atoms with Gasteiger partial charge in [0.15, 0.2) is 0 Å². The molecule has 3 fully saturated rings. The van der Waals surface area contributed by atoms with E-state index in [0.717, 1.165) is 26.0 Å². The lowest BCUT2D eigenvalue weighted by atomic mass is 9.77. The van der Waals surface area contributed by atoms with Crippen LogP contribution in [0.1, 0.15) is 44.9 Å². The van der Waals surface area contributed by atoms with Crippen LogP contribution in [0.25, 0.3) is 0 Å². The summed E-state index contributed by atoms with van der Waals surface area (Å²) in [5.74, 6) is -0.168. The Labute approximate surface area is 126 Å². The molecule has 1 spiro atoms. The molecule has 1 saturated carbocycles. The Morgan fingerprint density at radius 2 is 2.05 bits per heavy atom. The van der Waals surface area contributed by atoms with Gasteiger partial charge in [-0.1, -0.05) is 19.3 Å². The minimum Gasteiger partial charge on any atom is -0.468 e. The van der Waals surface area contributed by atoms with Gasteiger partial charge in [0.1, 0.15) is 6.04 Å². The molecule has 120 valence electrons. The van der Waals surface area contributed by atoms with Crippen molar-refractivity contribution in [3.8, 4) is 0 Å². The minimum absolute atomic E-state index is 0.0696. The molecule has 5 nitrogen and oxygen atoms in total.